The second-order valence-corrected chi connectivity index (χ2v) is 23.9. The molecule has 0 heterocycles. The summed E-state index contributed by atoms with van der Waals surface area (Å²) in [7, 11) is 0. The van der Waals surface area contributed by atoms with Gasteiger partial charge >= 0.3 is 5.97 Å². The smallest absolute Gasteiger partial charge is 0.305 e. The molecular weight excluding hydrogens is 935 g/mol. The Bertz CT molecular complexity index is 1190. The highest BCUT2D eigenvalue weighted by Crippen LogP contribution is 2.19. The van der Waals surface area contributed by atoms with Crippen LogP contribution in [0.15, 0.2) is 24.3 Å². The van der Waals surface area contributed by atoms with Crippen LogP contribution in [0.2, 0.25) is 0 Å². The highest BCUT2D eigenvalue weighted by atomic mass is 16.5. The number of amides is 1. The molecule has 0 aromatic carbocycles. The van der Waals surface area contributed by atoms with E-state index in [1.54, 1.807) is 0 Å². The highest BCUT2D eigenvalue weighted by molar-refractivity contribution is 5.76. The fraction of sp³-hybridized carbons (Fsp3) is 0.914. The van der Waals surface area contributed by atoms with Gasteiger partial charge in [-0.25, -0.2) is 0 Å². The van der Waals surface area contributed by atoms with E-state index >= 15 is 0 Å². The summed E-state index contributed by atoms with van der Waals surface area (Å²) in [5.41, 5.74) is 0. The Morgan fingerprint density at radius 3 is 1.04 bits per heavy atom. The fourth-order valence-corrected chi connectivity index (χ4v) is 11.0. The Labute approximate surface area is 475 Å². The molecule has 0 bridgehead atoms. The van der Waals surface area contributed by atoms with Crippen LogP contribution in [0.3, 0.4) is 0 Å². The summed E-state index contributed by atoms with van der Waals surface area (Å²) in [5, 5.41) is 23.4. The summed E-state index contributed by atoms with van der Waals surface area (Å²) in [4.78, 5) is 24.6. The predicted octanol–water partition coefficient (Wildman–Crippen LogP) is 22.1. The molecule has 0 saturated heterocycles. The number of carbonyl (C=O) groups excluding carboxylic acids is 2. The Kier molecular flexibility index (Phi) is 64.4. The van der Waals surface area contributed by atoms with Crippen LogP contribution >= 0.6 is 0 Å². The van der Waals surface area contributed by atoms with Crippen molar-refractivity contribution in [3.63, 3.8) is 0 Å². The van der Waals surface area contributed by atoms with Crippen molar-refractivity contribution < 1.29 is 24.5 Å². The molecule has 0 aliphatic rings. The molecule has 450 valence electrons. The minimum Gasteiger partial charge on any atom is -0.466 e. The lowest BCUT2D eigenvalue weighted by molar-refractivity contribution is -0.143. The van der Waals surface area contributed by atoms with Crippen molar-refractivity contribution in [1.29, 1.82) is 0 Å². The largest absolute Gasteiger partial charge is 0.466 e. The van der Waals surface area contributed by atoms with Gasteiger partial charge in [0.05, 0.1) is 25.4 Å². The molecule has 0 fully saturated rings. The molecule has 6 heteroatoms. The van der Waals surface area contributed by atoms with Gasteiger partial charge in [0.15, 0.2) is 0 Å². The van der Waals surface area contributed by atoms with E-state index in [4.69, 9.17) is 4.74 Å². The number of carbonyl (C=O) groups is 2. The standard InChI is InChI=1S/C70H135NO5/c1-3-5-7-9-11-13-15-17-19-20-21-29-32-35-38-42-46-50-54-58-62-68(73)67(66-72)71-69(74)63-59-55-51-47-43-39-36-33-30-27-25-23-22-24-26-28-31-34-37-41-45-49-53-57-61-65-76-70(75)64-60-56-52-48-44-40-18-16-14-12-10-8-6-4-2/h10,12,16,18,67-68,72-73H,3-9,11,13-15,17,19-66H2,1-2H3,(H,71,74)/b12-10-,18-16-. The number of nitrogens with one attached hydrogen (secondary N) is 1. The van der Waals surface area contributed by atoms with Crippen LogP contribution in [-0.4, -0.2) is 47.4 Å². The van der Waals surface area contributed by atoms with E-state index in [2.05, 4.69) is 43.5 Å². The molecule has 0 rings (SSSR count). The third-order valence-electron chi connectivity index (χ3n) is 16.3. The van der Waals surface area contributed by atoms with Gasteiger partial charge in [0, 0.05) is 12.8 Å². The van der Waals surface area contributed by atoms with E-state index in [9.17, 15) is 19.8 Å². The first kappa shape index (κ1) is 74.3. The van der Waals surface area contributed by atoms with E-state index in [-0.39, 0.29) is 18.5 Å². The lowest BCUT2D eigenvalue weighted by Crippen LogP contribution is -2.45. The van der Waals surface area contributed by atoms with Gasteiger partial charge in [0.1, 0.15) is 0 Å². The minimum absolute atomic E-state index is 0.00248. The summed E-state index contributed by atoms with van der Waals surface area (Å²) < 4.78 is 5.48. The maximum Gasteiger partial charge on any atom is 0.305 e. The molecule has 0 aromatic rings. The average molecular weight is 1070 g/mol. The lowest BCUT2D eigenvalue weighted by atomic mass is 10.0. The van der Waals surface area contributed by atoms with Gasteiger partial charge in [-0.05, 0) is 51.4 Å². The third-order valence-corrected chi connectivity index (χ3v) is 16.3. The number of aliphatic hydroxyl groups excluding tert-OH is 2. The van der Waals surface area contributed by atoms with Gasteiger partial charge in [0.25, 0.3) is 0 Å². The molecule has 0 aliphatic carbocycles. The van der Waals surface area contributed by atoms with Crippen molar-refractivity contribution >= 4 is 11.9 Å². The van der Waals surface area contributed by atoms with Crippen LogP contribution in [0.5, 0.6) is 0 Å². The lowest BCUT2D eigenvalue weighted by Gasteiger charge is -2.22. The van der Waals surface area contributed by atoms with Crippen LogP contribution in [0.25, 0.3) is 0 Å². The maximum atomic E-state index is 12.5. The SMILES string of the molecule is CCCC/C=C\C/C=C\CCCCCCCC(=O)OCCCCCCCCCCCCCCCCCCCCCCCCCCCC(=O)NC(CO)C(O)CCCCCCCCCCCCCCCCCCCCCC. The molecule has 6 nitrogen and oxygen atoms in total. The first-order valence-corrected chi connectivity index (χ1v) is 34.6. The van der Waals surface area contributed by atoms with E-state index in [0.717, 1.165) is 51.4 Å². The third kappa shape index (κ3) is 61.6. The van der Waals surface area contributed by atoms with E-state index < -0.39 is 12.1 Å². The molecule has 3 N–H and O–H groups in total. The van der Waals surface area contributed by atoms with Crippen LogP contribution in [0.1, 0.15) is 386 Å². The van der Waals surface area contributed by atoms with Crippen molar-refractivity contribution in [3.05, 3.63) is 24.3 Å². The fourth-order valence-electron chi connectivity index (χ4n) is 11.0. The van der Waals surface area contributed by atoms with Crippen LogP contribution in [0, 0.1) is 0 Å². The molecule has 2 unspecified atom stereocenters. The normalized spacial score (nSPS) is 12.6. The number of hydrogen-bond acceptors (Lipinski definition) is 5. The summed E-state index contributed by atoms with van der Waals surface area (Å²) >= 11 is 0. The van der Waals surface area contributed by atoms with Gasteiger partial charge in [-0.2, -0.15) is 0 Å². The molecule has 0 saturated carbocycles. The molecular formula is C70H135NO5. The van der Waals surface area contributed by atoms with Crippen molar-refractivity contribution in [1.82, 2.24) is 5.32 Å². The zero-order valence-corrected chi connectivity index (χ0v) is 51.5. The number of allylic oxidation sites excluding steroid dienone is 4. The van der Waals surface area contributed by atoms with Gasteiger partial charge in [-0.1, -0.05) is 346 Å². The number of aliphatic hydroxyl groups is 2. The summed E-state index contributed by atoms with van der Waals surface area (Å²) in [6.45, 7) is 4.94. The summed E-state index contributed by atoms with van der Waals surface area (Å²) in [6.07, 6.45) is 82.1. The monoisotopic (exact) mass is 1070 g/mol. The van der Waals surface area contributed by atoms with Crippen molar-refractivity contribution in [2.45, 2.75) is 398 Å². The maximum absolute atomic E-state index is 12.5. The van der Waals surface area contributed by atoms with Crippen LogP contribution in [-0.2, 0) is 14.3 Å². The Hall–Kier alpha value is -1.66. The zero-order chi connectivity index (χ0) is 55.0. The molecule has 0 radical (unpaired) electrons. The van der Waals surface area contributed by atoms with E-state index in [1.165, 1.54) is 302 Å². The molecule has 76 heavy (non-hydrogen) atoms. The Balaban J connectivity index is 3.36. The number of hydrogen-bond donors (Lipinski definition) is 3. The summed E-state index contributed by atoms with van der Waals surface area (Å²) in [6, 6.07) is -0.541. The van der Waals surface area contributed by atoms with Gasteiger partial charge in [-0.15, -0.1) is 0 Å². The first-order valence-electron chi connectivity index (χ1n) is 34.6. The first-order chi connectivity index (χ1) is 37.5. The number of esters is 1. The number of unbranched alkanes of at least 4 members (excludes halogenated alkanes) is 50. The van der Waals surface area contributed by atoms with E-state index in [1.807, 2.05) is 0 Å². The van der Waals surface area contributed by atoms with Gasteiger partial charge < -0.3 is 20.3 Å². The number of rotatable bonds is 65. The molecule has 0 spiro atoms. The molecule has 0 aromatic heterocycles. The summed E-state index contributed by atoms with van der Waals surface area (Å²) in [5.74, 6) is -0.0267. The molecule has 2 atom stereocenters. The average Bonchev–Trinajstić information content (AvgIpc) is 3.42. The number of ether oxygens (including phenoxy) is 1. The molecule has 0 aliphatic heterocycles. The van der Waals surface area contributed by atoms with Gasteiger partial charge in [-0.3, -0.25) is 9.59 Å². The van der Waals surface area contributed by atoms with Gasteiger partial charge in [0.2, 0.25) is 5.91 Å². The van der Waals surface area contributed by atoms with Crippen LogP contribution in [0.4, 0.5) is 0 Å². The highest BCUT2D eigenvalue weighted by Gasteiger charge is 2.20. The van der Waals surface area contributed by atoms with E-state index in [0.29, 0.717) is 25.9 Å². The zero-order valence-electron chi connectivity index (χ0n) is 51.5. The van der Waals surface area contributed by atoms with Crippen molar-refractivity contribution in [3.8, 4) is 0 Å². The van der Waals surface area contributed by atoms with Crippen LogP contribution < -0.4 is 5.32 Å². The predicted molar refractivity (Wildman–Crippen MR) is 333 cm³/mol. The quantitative estimate of drug-likeness (QED) is 0.0320. The minimum atomic E-state index is -0.664. The Morgan fingerprint density at radius 2 is 0.671 bits per heavy atom. The topological polar surface area (TPSA) is 95.9 Å². The second kappa shape index (κ2) is 65.9. The second-order valence-electron chi connectivity index (χ2n) is 23.9. The Morgan fingerprint density at radius 1 is 0.368 bits per heavy atom. The van der Waals surface area contributed by atoms with Crippen molar-refractivity contribution in [2.75, 3.05) is 13.2 Å². The molecule has 1 amide bonds. The van der Waals surface area contributed by atoms with Crippen molar-refractivity contribution in [2.24, 2.45) is 0 Å².